The van der Waals surface area contributed by atoms with E-state index in [4.69, 9.17) is 5.73 Å². The summed E-state index contributed by atoms with van der Waals surface area (Å²) in [6.07, 6.45) is 4.19. The molecule has 0 amide bonds. The molecule has 1 rings (SSSR count). The highest BCUT2D eigenvalue weighted by molar-refractivity contribution is 5.79. The second-order valence-electron chi connectivity index (χ2n) is 3.24. The first-order valence-corrected chi connectivity index (χ1v) is 4.63. The Balaban J connectivity index is 3.35. The van der Waals surface area contributed by atoms with Gasteiger partial charge in [-0.2, -0.15) is 5.10 Å². The van der Waals surface area contributed by atoms with Gasteiger partial charge in [0.25, 0.3) is 0 Å². The highest BCUT2D eigenvalue weighted by Crippen LogP contribution is 2.29. The largest absolute Gasteiger partial charge is 0.397 e. The second kappa shape index (κ2) is 4.74. The molecule has 3 nitrogen and oxygen atoms in total. The van der Waals surface area contributed by atoms with E-state index >= 15 is 0 Å². The standard InChI is InChI=1S/C11H13F2N3/c1-4-9(14)11(13)10(7(2)12)8-5-15-16(3)6-8/h4-6H,2,14H2,1,3H3/b9-4+,11-10-. The van der Waals surface area contributed by atoms with Crippen LogP contribution >= 0.6 is 0 Å². The molecule has 0 fully saturated rings. The second-order valence-corrected chi connectivity index (χ2v) is 3.24. The maximum Gasteiger partial charge on any atom is 0.156 e. The first-order valence-electron chi connectivity index (χ1n) is 4.63. The molecule has 0 aliphatic heterocycles. The van der Waals surface area contributed by atoms with E-state index in [9.17, 15) is 8.78 Å². The van der Waals surface area contributed by atoms with Gasteiger partial charge in [-0.1, -0.05) is 12.7 Å². The summed E-state index contributed by atoms with van der Waals surface area (Å²) in [5.41, 5.74) is 5.31. The maximum absolute atomic E-state index is 13.8. The Labute approximate surface area is 92.6 Å². The van der Waals surface area contributed by atoms with E-state index in [1.807, 2.05) is 0 Å². The number of hydrogen-bond acceptors (Lipinski definition) is 2. The topological polar surface area (TPSA) is 43.8 Å². The van der Waals surface area contributed by atoms with Crippen LogP contribution in [0.5, 0.6) is 0 Å². The lowest BCUT2D eigenvalue weighted by Gasteiger charge is -2.04. The molecule has 0 unspecified atom stereocenters. The first kappa shape index (κ1) is 12.2. The number of nitrogens with zero attached hydrogens (tertiary/aromatic N) is 2. The molecule has 0 spiro atoms. The summed E-state index contributed by atoms with van der Waals surface area (Å²) in [7, 11) is 1.65. The summed E-state index contributed by atoms with van der Waals surface area (Å²) >= 11 is 0. The zero-order valence-corrected chi connectivity index (χ0v) is 9.17. The molecule has 0 bridgehead atoms. The van der Waals surface area contributed by atoms with Gasteiger partial charge >= 0.3 is 0 Å². The van der Waals surface area contributed by atoms with Crippen LogP contribution in [0.15, 0.2) is 42.4 Å². The van der Waals surface area contributed by atoms with Crippen molar-refractivity contribution in [1.29, 1.82) is 0 Å². The minimum Gasteiger partial charge on any atom is -0.397 e. The van der Waals surface area contributed by atoms with Crippen molar-refractivity contribution in [1.82, 2.24) is 9.78 Å². The van der Waals surface area contributed by atoms with Gasteiger partial charge in [-0.15, -0.1) is 0 Å². The van der Waals surface area contributed by atoms with Gasteiger partial charge < -0.3 is 5.73 Å². The van der Waals surface area contributed by atoms with Crippen molar-refractivity contribution in [2.24, 2.45) is 12.8 Å². The number of allylic oxidation sites excluding steroid dienone is 4. The summed E-state index contributed by atoms with van der Waals surface area (Å²) in [4.78, 5) is 0. The molecule has 86 valence electrons. The van der Waals surface area contributed by atoms with Crippen molar-refractivity contribution < 1.29 is 8.78 Å². The minimum atomic E-state index is -0.879. The molecule has 1 aromatic heterocycles. The normalized spacial score (nSPS) is 13.6. The summed E-state index contributed by atoms with van der Waals surface area (Å²) in [5, 5.41) is 3.84. The lowest BCUT2D eigenvalue weighted by Crippen LogP contribution is -2.00. The average Bonchev–Trinajstić information content (AvgIpc) is 2.63. The molecule has 0 radical (unpaired) electrons. The number of nitrogens with two attached hydrogens (primary N) is 1. The number of rotatable bonds is 3. The van der Waals surface area contributed by atoms with Crippen LogP contribution in [0.25, 0.3) is 5.57 Å². The van der Waals surface area contributed by atoms with Crippen molar-refractivity contribution in [3.05, 3.63) is 48.0 Å². The van der Waals surface area contributed by atoms with E-state index in [2.05, 4.69) is 11.7 Å². The molecular weight excluding hydrogens is 212 g/mol. The Morgan fingerprint density at radius 3 is 2.56 bits per heavy atom. The van der Waals surface area contributed by atoms with Crippen LogP contribution < -0.4 is 5.73 Å². The Hall–Kier alpha value is -1.91. The molecule has 16 heavy (non-hydrogen) atoms. The average molecular weight is 225 g/mol. The fourth-order valence-electron chi connectivity index (χ4n) is 1.22. The number of hydrogen-bond donors (Lipinski definition) is 1. The third-order valence-corrected chi connectivity index (χ3v) is 2.05. The summed E-state index contributed by atoms with van der Waals surface area (Å²) in [6.45, 7) is 4.66. The van der Waals surface area contributed by atoms with Gasteiger partial charge in [0.2, 0.25) is 0 Å². The molecule has 0 aliphatic carbocycles. The van der Waals surface area contributed by atoms with Crippen molar-refractivity contribution in [2.45, 2.75) is 6.92 Å². The molecule has 1 aromatic rings. The highest BCUT2D eigenvalue weighted by atomic mass is 19.1. The molecule has 0 aliphatic rings. The minimum absolute atomic E-state index is 0.127. The maximum atomic E-state index is 13.8. The molecule has 1 heterocycles. The fraction of sp³-hybridized carbons (Fsp3) is 0.182. The molecule has 0 aromatic carbocycles. The van der Waals surface area contributed by atoms with E-state index in [1.54, 1.807) is 14.0 Å². The van der Waals surface area contributed by atoms with Crippen LogP contribution in [0, 0.1) is 0 Å². The van der Waals surface area contributed by atoms with Gasteiger partial charge in [0.1, 0.15) is 5.83 Å². The zero-order chi connectivity index (χ0) is 12.3. The fourth-order valence-corrected chi connectivity index (χ4v) is 1.22. The molecule has 2 N–H and O–H groups in total. The van der Waals surface area contributed by atoms with Gasteiger partial charge in [0.05, 0.1) is 17.5 Å². The van der Waals surface area contributed by atoms with Crippen molar-refractivity contribution >= 4 is 5.57 Å². The van der Waals surface area contributed by atoms with Crippen LogP contribution in [-0.2, 0) is 7.05 Å². The smallest absolute Gasteiger partial charge is 0.156 e. The van der Waals surface area contributed by atoms with Crippen LogP contribution in [-0.4, -0.2) is 9.78 Å². The van der Waals surface area contributed by atoms with Gasteiger partial charge in [0.15, 0.2) is 5.83 Å². The number of aromatic nitrogens is 2. The third-order valence-electron chi connectivity index (χ3n) is 2.05. The zero-order valence-electron chi connectivity index (χ0n) is 9.17. The van der Waals surface area contributed by atoms with Gasteiger partial charge in [-0.3, -0.25) is 4.68 Å². The van der Waals surface area contributed by atoms with Crippen molar-refractivity contribution in [2.75, 3.05) is 0 Å². The summed E-state index contributed by atoms with van der Waals surface area (Å²) in [6, 6.07) is 0. The molecule has 0 saturated heterocycles. The van der Waals surface area contributed by atoms with Gasteiger partial charge in [0, 0.05) is 18.8 Å². The third kappa shape index (κ3) is 2.36. The SMILES string of the molecule is C=C(F)/C(=C(F)\C(N)=C/C)c1cnn(C)c1. The number of halogens is 2. The van der Waals surface area contributed by atoms with Gasteiger partial charge in [-0.25, -0.2) is 8.78 Å². The molecule has 0 atom stereocenters. The van der Waals surface area contributed by atoms with E-state index in [1.165, 1.54) is 23.2 Å². The van der Waals surface area contributed by atoms with Crippen molar-refractivity contribution in [3.63, 3.8) is 0 Å². The quantitative estimate of drug-likeness (QED) is 0.803. The van der Waals surface area contributed by atoms with E-state index in [-0.39, 0.29) is 11.3 Å². The predicted molar refractivity (Wildman–Crippen MR) is 59.4 cm³/mol. The Morgan fingerprint density at radius 1 is 1.56 bits per heavy atom. The van der Waals surface area contributed by atoms with Crippen LogP contribution in [0.3, 0.4) is 0 Å². The van der Waals surface area contributed by atoms with Crippen LogP contribution in [0.2, 0.25) is 0 Å². The number of aryl methyl sites for hydroxylation is 1. The highest BCUT2D eigenvalue weighted by Gasteiger charge is 2.16. The Bertz CT molecular complexity index is 469. The lowest BCUT2D eigenvalue weighted by atomic mass is 10.1. The lowest BCUT2D eigenvalue weighted by molar-refractivity contribution is 0.630. The summed E-state index contributed by atoms with van der Waals surface area (Å²) < 4.78 is 28.4. The van der Waals surface area contributed by atoms with Gasteiger partial charge in [-0.05, 0) is 6.92 Å². The van der Waals surface area contributed by atoms with E-state index < -0.39 is 11.7 Å². The Kier molecular flexibility index (Phi) is 3.60. The van der Waals surface area contributed by atoms with Crippen LogP contribution in [0.4, 0.5) is 8.78 Å². The monoisotopic (exact) mass is 225 g/mol. The van der Waals surface area contributed by atoms with Crippen LogP contribution in [0.1, 0.15) is 12.5 Å². The molecule has 5 heteroatoms. The predicted octanol–water partition coefficient (Wildman–Crippen LogP) is 2.45. The van der Waals surface area contributed by atoms with Crippen molar-refractivity contribution in [3.8, 4) is 0 Å². The Morgan fingerprint density at radius 2 is 2.19 bits per heavy atom. The molecule has 0 saturated carbocycles. The van der Waals surface area contributed by atoms with E-state index in [0.717, 1.165) is 0 Å². The first-order chi connectivity index (χ1) is 7.47. The van der Waals surface area contributed by atoms with E-state index in [0.29, 0.717) is 5.56 Å². The summed E-state index contributed by atoms with van der Waals surface area (Å²) in [5.74, 6) is -1.71. The molecular formula is C11H13F2N3.